The third kappa shape index (κ3) is 35.7. The number of hydrogen-bond acceptors (Lipinski definition) is 28. The maximum atomic E-state index is 14.6. The van der Waals surface area contributed by atoms with Crippen LogP contribution in [-0.2, 0) is 126 Å². The lowest BCUT2D eigenvalue weighted by Crippen LogP contribution is -2.63. The molecule has 139 heavy (non-hydrogen) atoms. The number of aliphatic carboxylic acids is 4. The number of aromatic amines is 1. The number of hydrogen-bond donors (Lipinski definition) is 28. The van der Waals surface area contributed by atoms with Gasteiger partial charge in [0.2, 0.25) is 100 Å². The number of aliphatic hydroxyl groups is 4. The monoisotopic (exact) mass is 1950 g/mol. The van der Waals surface area contributed by atoms with E-state index in [0.29, 0.717) is 17.5 Å². The minimum absolute atomic E-state index is 0.0423. The maximum Gasteiger partial charge on any atom is 0.322 e. The van der Waals surface area contributed by atoms with Gasteiger partial charge in [0.15, 0.2) is 0 Å². The van der Waals surface area contributed by atoms with Gasteiger partial charge in [-0.1, -0.05) is 93.1 Å². The number of H-pyrrole nitrogens is 1. The van der Waals surface area contributed by atoms with E-state index >= 15 is 0 Å². The first kappa shape index (κ1) is 112. The Kier molecular flexibility index (Phi) is 43.6. The Balaban J connectivity index is 1.12. The summed E-state index contributed by atoms with van der Waals surface area (Å²) in [4.78, 5) is 289. The lowest BCUT2D eigenvalue weighted by molar-refractivity contribution is -0.144. The normalized spacial score (nSPS) is 16.3. The number of rotatable bonds is 55. The number of amides is 17. The Morgan fingerprint density at radius 1 is 0.403 bits per heavy atom. The van der Waals surface area contributed by atoms with Crippen LogP contribution in [0.1, 0.15) is 122 Å². The molecule has 756 valence electrons. The molecule has 0 unspecified atom stereocenters. The van der Waals surface area contributed by atoms with Crippen molar-refractivity contribution in [2.75, 3.05) is 19.6 Å². The van der Waals surface area contributed by atoms with Crippen molar-refractivity contribution < 1.29 is 152 Å². The molecule has 6 rings (SSSR count). The van der Waals surface area contributed by atoms with Gasteiger partial charge >= 0.3 is 23.9 Å². The predicted molar refractivity (Wildman–Crippen MR) is 484 cm³/mol. The highest BCUT2D eigenvalue weighted by Crippen LogP contribution is 2.24. The number of nitrogens with one attached hydrogen (secondary N) is 16. The van der Waals surface area contributed by atoms with Gasteiger partial charge in [0.1, 0.15) is 103 Å². The highest BCUT2D eigenvalue weighted by molar-refractivity contribution is 6.03. The van der Waals surface area contributed by atoms with Crippen LogP contribution in [0.25, 0.3) is 10.9 Å². The molecule has 50 heteroatoms. The Bertz CT molecular complexity index is 5230. The van der Waals surface area contributed by atoms with E-state index in [1.807, 2.05) is 28.8 Å². The molecule has 0 saturated carbocycles. The topological polar surface area (TPSA) is 812 Å². The molecule has 0 spiro atoms. The zero-order chi connectivity index (χ0) is 104. The lowest BCUT2D eigenvalue weighted by atomic mass is 9.96. The maximum absolute atomic E-state index is 14.6. The van der Waals surface area contributed by atoms with Crippen LogP contribution in [0, 0.1) is 5.92 Å². The molecule has 50 nitrogen and oxygen atoms in total. The molecule has 1 fully saturated rings. The molecule has 17 amide bonds. The van der Waals surface area contributed by atoms with Gasteiger partial charge in [-0.25, -0.2) is 0 Å². The molecule has 1 aliphatic rings. The first-order valence-corrected chi connectivity index (χ1v) is 44.0. The molecular formula is C89H119N19O31. The van der Waals surface area contributed by atoms with Crippen LogP contribution in [0.3, 0.4) is 0 Å². The van der Waals surface area contributed by atoms with E-state index in [4.69, 9.17) is 16.6 Å². The minimum atomic E-state index is -2.20. The van der Waals surface area contributed by atoms with E-state index in [-0.39, 0.29) is 48.4 Å². The molecule has 30 N–H and O–H groups in total. The molecular weight excluding hydrogens is 1830 g/mol. The molecule has 5 aromatic rings. The molecule has 0 radical (unpaired) electrons. The second kappa shape index (κ2) is 53.8. The summed E-state index contributed by atoms with van der Waals surface area (Å²) in [5, 5.41) is 137. The van der Waals surface area contributed by atoms with Crippen LogP contribution >= 0.6 is 0 Å². The number of fused-ring (bicyclic) bond motifs is 1. The summed E-state index contributed by atoms with van der Waals surface area (Å²) in [6, 6.07) is -2.32. The van der Waals surface area contributed by atoms with E-state index in [1.165, 1.54) is 72.8 Å². The highest BCUT2D eigenvalue weighted by Gasteiger charge is 2.44. The average Bonchev–Trinajstić information content (AvgIpc) is 1.70. The number of carboxylic acid groups (broad SMARTS) is 4. The first-order valence-electron chi connectivity index (χ1n) is 44.0. The van der Waals surface area contributed by atoms with E-state index < -0.39 is 310 Å². The fourth-order valence-electron chi connectivity index (χ4n) is 14.4. The number of para-hydroxylation sites is 1. The van der Waals surface area contributed by atoms with Crippen LogP contribution in [-0.4, -0.2) is 320 Å². The van der Waals surface area contributed by atoms with Crippen molar-refractivity contribution in [2.24, 2.45) is 17.4 Å². The second-order valence-electron chi connectivity index (χ2n) is 33.4. The van der Waals surface area contributed by atoms with Gasteiger partial charge in [0, 0.05) is 49.3 Å². The summed E-state index contributed by atoms with van der Waals surface area (Å²) in [7, 11) is 0. The fourth-order valence-corrected chi connectivity index (χ4v) is 14.4. The standard InChI is InChI=1S/C89H119N19O31/c1-8-41(2)70(103-76(126)54(90)34-50-38-92-55-18-13-12-17-53(50)55)86(136)102-60(35-64(91)115)82(132)106-73(45(6)111)87(137)101-59(33-49-22-26-52(114)27-23-49)81(131)104-71(43(4)109)84(134)93-39-65(116)96-56(28-29-66(117)118)89(139)108-30-14-19-63(108)83(133)107-74(46(7)112)88(138)100-57(32-48-20-24-51(113)25-21-48)77(127)95-42(3)75(125)97-61(36-67(119)120)78(128)99-62(37-68(121)122)79(129)98-58(31-47-15-10-9-11-16-47)80(130)105-72(44(5)110)85(135)94-40-69(123)124/h9-13,15-18,20-27,38,41-46,54,56-63,70-74,92,109-114H,8,14,19,28-37,39-40,90H2,1-7H3,(H2,91,115)(H,93,134)(H,94,135)(H,95,127)(H,96,116)(H,97,125)(H,98,129)(H,99,128)(H,100,138)(H,101,137)(H,102,136)(H,103,126)(H,104,131)(H,105,130)(H,106,132)(H,107,133)(H,117,118)(H,119,120)(H,121,122)(H,123,124)/t41-,42-,43+,44+,45+,46+,54-,56-,57-,58-,59-,60-,61-,62-,63-,70-,71-,72-,73-,74-/m0/s1. The number of carbonyl (C=O) groups is 21. The van der Waals surface area contributed by atoms with Crippen LogP contribution in [0.5, 0.6) is 11.5 Å². The van der Waals surface area contributed by atoms with Crippen LogP contribution in [0.2, 0.25) is 0 Å². The van der Waals surface area contributed by atoms with Gasteiger partial charge in [-0.05, 0) is 119 Å². The predicted octanol–water partition coefficient (Wildman–Crippen LogP) is -7.93. The van der Waals surface area contributed by atoms with Crippen LogP contribution in [0.15, 0.2) is 109 Å². The number of aliphatic hydroxyl groups excluding tert-OH is 4. The number of carbonyl (C=O) groups excluding carboxylic acids is 17. The number of phenolic OH excluding ortho intramolecular Hbond substituents is 2. The smallest absolute Gasteiger partial charge is 0.322 e. The summed E-state index contributed by atoms with van der Waals surface area (Å²) in [6.45, 7) is 6.23. The summed E-state index contributed by atoms with van der Waals surface area (Å²) in [6.07, 6.45) is -11.6. The molecule has 0 bridgehead atoms. The number of likely N-dealkylation sites (tertiary alicyclic amines) is 1. The van der Waals surface area contributed by atoms with E-state index in [0.717, 1.165) is 50.4 Å². The largest absolute Gasteiger partial charge is 0.508 e. The molecule has 2 heterocycles. The lowest BCUT2D eigenvalue weighted by Gasteiger charge is -2.31. The minimum Gasteiger partial charge on any atom is -0.508 e. The van der Waals surface area contributed by atoms with Crippen molar-refractivity contribution in [1.29, 1.82) is 0 Å². The number of carboxylic acids is 4. The molecule has 1 aliphatic heterocycles. The molecule has 1 aromatic heterocycles. The van der Waals surface area contributed by atoms with Crippen molar-refractivity contribution in [2.45, 2.75) is 241 Å². The summed E-state index contributed by atoms with van der Waals surface area (Å²) < 4.78 is 0. The molecule has 1 saturated heterocycles. The Morgan fingerprint density at radius 3 is 1.27 bits per heavy atom. The number of nitrogens with zero attached hydrogens (tertiary/aromatic N) is 1. The number of primary amides is 1. The SMILES string of the molecule is CC[C@H](C)[C@H](NC(=O)[C@@H](N)Cc1c[nH]c2ccccc12)C(=O)N[C@@H](CC(N)=O)C(=O)N[C@H](C(=O)N[C@@H](Cc1ccc(O)cc1)C(=O)N[C@H](C(=O)NCC(=O)N[C@@H](CCC(=O)O)C(=O)N1CCC[C@H]1C(=O)N[C@H](C(=O)N[C@@H](Cc1ccc(O)cc1)C(=O)N[C@@H](C)C(=O)N[C@@H](CC(=O)O)C(=O)N[C@@H](CC(=O)O)C(=O)N[C@@H](Cc1ccccc1)C(=O)N[C@H](C(=O)NCC(=O)O)[C@@H](C)O)[C@@H](C)O)[C@@H](C)O)[C@@H](C)O. The third-order valence-corrected chi connectivity index (χ3v) is 22.2. The van der Waals surface area contributed by atoms with Gasteiger partial charge < -0.3 is 152 Å². The van der Waals surface area contributed by atoms with Gasteiger partial charge in [0.05, 0.1) is 56.3 Å². The fraction of sp³-hybridized carbons (Fsp3) is 0.472. The zero-order valence-corrected chi connectivity index (χ0v) is 76.7. The number of nitrogens with two attached hydrogens (primary N) is 2. The zero-order valence-electron chi connectivity index (χ0n) is 76.7. The first-order chi connectivity index (χ1) is 65.4. The molecule has 4 aromatic carbocycles. The molecule has 20 atom stereocenters. The summed E-state index contributed by atoms with van der Waals surface area (Å²) in [5.74, 6) is -28.2. The number of benzene rings is 4. The summed E-state index contributed by atoms with van der Waals surface area (Å²) in [5.41, 5.74) is 14.1. The van der Waals surface area contributed by atoms with Crippen molar-refractivity contribution in [3.8, 4) is 11.5 Å². The van der Waals surface area contributed by atoms with Crippen molar-refractivity contribution in [1.82, 2.24) is 89.6 Å². The Morgan fingerprint density at radius 2 is 0.799 bits per heavy atom. The Hall–Kier alpha value is -15.3. The van der Waals surface area contributed by atoms with Crippen molar-refractivity contribution in [3.05, 3.63) is 132 Å². The average molecular weight is 1950 g/mol. The number of aromatic nitrogens is 1. The van der Waals surface area contributed by atoms with Gasteiger partial charge in [-0.3, -0.25) is 101 Å². The van der Waals surface area contributed by atoms with Gasteiger partial charge in [0.25, 0.3) is 0 Å². The van der Waals surface area contributed by atoms with E-state index in [1.54, 1.807) is 32.2 Å². The van der Waals surface area contributed by atoms with Crippen LogP contribution < -0.4 is 91.2 Å². The Labute approximate surface area is 794 Å². The van der Waals surface area contributed by atoms with E-state index in [9.17, 15) is 147 Å². The third-order valence-electron chi connectivity index (χ3n) is 22.2. The quantitative estimate of drug-likeness (QED) is 0.0172. The van der Waals surface area contributed by atoms with Crippen molar-refractivity contribution in [3.63, 3.8) is 0 Å². The summed E-state index contributed by atoms with van der Waals surface area (Å²) >= 11 is 0. The van der Waals surface area contributed by atoms with Crippen LogP contribution in [0.4, 0.5) is 0 Å². The van der Waals surface area contributed by atoms with Gasteiger partial charge in [-0.2, -0.15) is 0 Å². The van der Waals surface area contributed by atoms with E-state index in [2.05, 4.69) is 74.1 Å². The second-order valence-corrected chi connectivity index (χ2v) is 33.4. The highest BCUT2D eigenvalue weighted by atomic mass is 16.4. The van der Waals surface area contributed by atoms with Gasteiger partial charge in [-0.15, -0.1) is 0 Å². The number of phenols is 2. The molecule has 0 aliphatic carbocycles. The van der Waals surface area contributed by atoms with Crippen molar-refractivity contribution >= 4 is 135 Å². The number of aromatic hydroxyl groups is 2.